The largest absolute Gasteiger partial charge is 0.497 e. The molecule has 0 unspecified atom stereocenters. The number of nitrogens with one attached hydrogen (secondary N) is 1. The number of hydrogen-bond donors (Lipinski definition) is 1. The first kappa shape index (κ1) is 25.0. The van der Waals surface area contributed by atoms with Crippen molar-refractivity contribution in [2.75, 3.05) is 19.0 Å². The van der Waals surface area contributed by atoms with Gasteiger partial charge in [-0.3, -0.25) is 19.5 Å². The summed E-state index contributed by atoms with van der Waals surface area (Å²) in [6.45, 7) is 11.6. The molecule has 7 heteroatoms. The molecule has 1 heterocycles. The highest BCUT2D eigenvalue weighted by Gasteiger charge is 2.23. The number of carbonyl (C=O) groups is 2. The van der Waals surface area contributed by atoms with Gasteiger partial charge < -0.3 is 9.64 Å². The van der Waals surface area contributed by atoms with E-state index < -0.39 is 0 Å². The van der Waals surface area contributed by atoms with Crippen LogP contribution in [0.5, 0.6) is 5.75 Å². The number of rotatable bonds is 8. The van der Waals surface area contributed by atoms with Crippen LogP contribution in [0.3, 0.4) is 0 Å². The van der Waals surface area contributed by atoms with Gasteiger partial charge in [-0.05, 0) is 75.2 Å². The molecule has 2 amide bonds. The number of nitrogens with zero attached hydrogens (tertiary/aromatic N) is 3. The summed E-state index contributed by atoms with van der Waals surface area (Å²) in [6, 6.07) is 13.6. The third-order valence-electron chi connectivity index (χ3n) is 5.83. The van der Waals surface area contributed by atoms with Crippen molar-refractivity contribution >= 4 is 17.8 Å². The molecule has 180 valence electrons. The van der Waals surface area contributed by atoms with E-state index in [2.05, 4.69) is 25.2 Å². The van der Waals surface area contributed by atoms with Crippen molar-refractivity contribution in [3.8, 4) is 22.7 Å². The number of aryl methyl sites for hydroxylation is 2. The molecule has 0 saturated heterocycles. The van der Waals surface area contributed by atoms with E-state index in [4.69, 9.17) is 9.72 Å². The lowest BCUT2D eigenvalue weighted by Gasteiger charge is -2.27. The van der Waals surface area contributed by atoms with Crippen molar-refractivity contribution in [3.05, 3.63) is 59.8 Å². The Kier molecular flexibility index (Phi) is 7.76. The van der Waals surface area contributed by atoms with Gasteiger partial charge in [-0.25, -0.2) is 4.98 Å². The van der Waals surface area contributed by atoms with Crippen molar-refractivity contribution < 1.29 is 14.3 Å². The van der Waals surface area contributed by atoms with Gasteiger partial charge in [-0.1, -0.05) is 19.9 Å². The minimum Gasteiger partial charge on any atom is -0.497 e. The molecule has 0 aliphatic carbocycles. The van der Waals surface area contributed by atoms with Crippen LogP contribution in [0.4, 0.5) is 5.95 Å². The summed E-state index contributed by atoms with van der Waals surface area (Å²) >= 11 is 0. The fraction of sp³-hybridized carbons (Fsp3) is 0.370. The second kappa shape index (κ2) is 10.5. The van der Waals surface area contributed by atoms with Gasteiger partial charge in [-0.2, -0.15) is 0 Å². The fourth-order valence-corrected chi connectivity index (χ4v) is 3.61. The van der Waals surface area contributed by atoms with Crippen molar-refractivity contribution in [3.63, 3.8) is 0 Å². The summed E-state index contributed by atoms with van der Waals surface area (Å²) in [6.07, 6.45) is 1.90. The molecule has 0 aliphatic heterocycles. The van der Waals surface area contributed by atoms with Gasteiger partial charge in [0.05, 0.1) is 12.8 Å². The molecule has 2 aromatic carbocycles. The van der Waals surface area contributed by atoms with Crippen LogP contribution in [0.25, 0.3) is 16.9 Å². The highest BCUT2D eigenvalue weighted by atomic mass is 16.5. The monoisotopic (exact) mass is 462 g/mol. The molecule has 7 nitrogen and oxygen atoms in total. The lowest BCUT2D eigenvalue weighted by Crippen LogP contribution is -2.44. The van der Waals surface area contributed by atoms with E-state index in [1.165, 1.54) is 5.56 Å². The third kappa shape index (κ3) is 5.65. The van der Waals surface area contributed by atoms with Gasteiger partial charge in [0.1, 0.15) is 12.3 Å². The molecule has 0 bridgehead atoms. The number of hydrogen-bond acceptors (Lipinski definition) is 4. The van der Waals surface area contributed by atoms with Gasteiger partial charge in [0.25, 0.3) is 0 Å². The van der Waals surface area contributed by atoms with Crippen LogP contribution in [0, 0.1) is 19.8 Å². The topological polar surface area (TPSA) is 76.5 Å². The Hall–Kier alpha value is -3.61. The van der Waals surface area contributed by atoms with Crippen LogP contribution < -0.4 is 10.1 Å². The molecule has 3 aromatic rings. The third-order valence-corrected chi connectivity index (χ3v) is 5.83. The Morgan fingerprint density at radius 3 is 2.26 bits per heavy atom. The van der Waals surface area contributed by atoms with Crippen LogP contribution in [-0.4, -0.2) is 46.0 Å². The van der Waals surface area contributed by atoms with E-state index in [1.54, 1.807) is 12.0 Å². The van der Waals surface area contributed by atoms with Crippen molar-refractivity contribution in [2.45, 2.75) is 47.6 Å². The molecule has 34 heavy (non-hydrogen) atoms. The van der Waals surface area contributed by atoms with E-state index in [-0.39, 0.29) is 30.3 Å². The van der Waals surface area contributed by atoms with Crippen LogP contribution in [0.2, 0.25) is 0 Å². The first-order chi connectivity index (χ1) is 16.1. The van der Waals surface area contributed by atoms with E-state index in [0.717, 1.165) is 28.3 Å². The molecule has 0 saturated carbocycles. The van der Waals surface area contributed by atoms with Crippen molar-refractivity contribution in [1.29, 1.82) is 0 Å². The smallest absolute Gasteiger partial charge is 0.246 e. The maximum atomic E-state index is 13.0. The van der Waals surface area contributed by atoms with Gasteiger partial charge >= 0.3 is 0 Å². The summed E-state index contributed by atoms with van der Waals surface area (Å²) in [7, 11) is 1.63. The lowest BCUT2D eigenvalue weighted by molar-refractivity contribution is -0.139. The number of ether oxygens (including phenoxy) is 1. The first-order valence-electron chi connectivity index (χ1n) is 11.5. The Labute approximate surface area is 201 Å². The summed E-state index contributed by atoms with van der Waals surface area (Å²) in [4.78, 5) is 31.9. The molecular weight excluding hydrogens is 428 g/mol. The van der Waals surface area contributed by atoms with Gasteiger partial charge in [-0.15, -0.1) is 0 Å². The maximum Gasteiger partial charge on any atom is 0.246 e. The van der Waals surface area contributed by atoms with Crippen LogP contribution in [0.15, 0.2) is 48.7 Å². The SMILES string of the molecule is COc1ccc(-c2cn(-c3ccc(C)c(C)c3)c(NC(=O)CN(C(=O)C(C)C)C(C)C)n2)cc1. The number of methoxy groups -OCH3 is 1. The number of carbonyl (C=O) groups excluding carboxylic acids is 2. The number of anilines is 1. The van der Waals surface area contributed by atoms with Gasteiger partial charge in [0.15, 0.2) is 0 Å². The molecular formula is C27H34N4O3. The van der Waals surface area contributed by atoms with E-state index in [0.29, 0.717) is 5.95 Å². The molecule has 3 rings (SSSR count). The molecule has 0 aliphatic rings. The second-order valence-electron chi connectivity index (χ2n) is 9.08. The Balaban J connectivity index is 1.96. The van der Waals surface area contributed by atoms with E-state index in [9.17, 15) is 9.59 Å². The first-order valence-corrected chi connectivity index (χ1v) is 11.5. The minimum absolute atomic E-state index is 0.0354. The fourth-order valence-electron chi connectivity index (χ4n) is 3.61. The zero-order valence-corrected chi connectivity index (χ0v) is 21.0. The number of imidazole rings is 1. The molecule has 0 spiro atoms. The van der Waals surface area contributed by atoms with Crippen LogP contribution in [-0.2, 0) is 9.59 Å². The Bertz CT molecular complexity index is 1160. The summed E-state index contributed by atoms with van der Waals surface area (Å²) in [5, 5.41) is 2.93. The van der Waals surface area contributed by atoms with Crippen molar-refractivity contribution in [1.82, 2.24) is 14.5 Å². The average Bonchev–Trinajstić information content (AvgIpc) is 3.22. The van der Waals surface area contributed by atoms with E-state index in [1.807, 2.05) is 74.9 Å². The van der Waals surface area contributed by atoms with Crippen LogP contribution in [0.1, 0.15) is 38.8 Å². The predicted octanol–water partition coefficient (Wildman–Crippen LogP) is 5.00. The van der Waals surface area contributed by atoms with Crippen LogP contribution >= 0.6 is 0 Å². The Morgan fingerprint density at radius 1 is 1.03 bits per heavy atom. The molecule has 1 N–H and O–H groups in total. The standard InChI is InChI=1S/C27H34N4O3/c1-17(2)26(33)30(18(3)4)16-25(32)29-27-28-24(21-9-12-23(34-7)13-10-21)15-31(27)22-11-8-19(5)20(6)14-22/h8-15,17-18H,16H2,1-7H3,(H,28,29,32). The number of aromatic nitrogens is 2. The molecule has 0 atom stereocenters. The normalized spacial score (nSPS) is 11.1. The van der Waals surface area contributed by atoms with Gasteiger partial charge in [0.2, 0.25) is 17.8 Å². The number of amides is 2. The van der Waals surface area contributed by atoms with E-state index >= 15 is 0 Å². The predicted molar refractivity (Wildman–Crippen MR) is 135 cm³/mol. The minimum atomic E-state index is -0.292. The summed E-state index contributed by atoms with van der Waals surface area (Å²) < 4.78 is 7.13. The zero-order chi connectivity index (χ0) is 25.0. The maximum absolute atomic E-state index is 13.0. The zero-order valence-electron chi connectivity index (χ0n) is 21.0. The second-order valence-corrected chi connectivity index (χ2v) is 9.08. The van der Waals surface area contributed by atoms with Gasteiger partial charge in [0, 0.05) is 29.4 Å². The average molecular weight is 463 g/mol. The summed E-state index contributed by atoms with van der Waals surface area (Å²) in [5.74, 6) is 0.630. The lowest BCUT2D eigenvalue weighted by atomic mass is 10.1. The Morgan fingerprint density at radius 2 is 1.71 bits per heavy atom. The number of benzene rings is 2. The highest BCUT2D eigenvalue weighted by Crippen LogP contribution is 2.27. The quantitative estimate of drug-likeness (QED) is 0.511. The molecule has 1 aromatic heterocycles. The molecule has 0 radical (unpaired) electrons. The van der Waals surface area contributed by atoms with Crippen molar-refractivity contribution in [2.24, 2.45) is 5.92 Å². The highest BCUT2D eigenvalue weighted by molar-refractivity contribution is 5.94. The molecule has 0 fully saturated rings. The summed E-state index contributed by atoms with van der Waals surface area (Å²) in [5.41, 5.74) is 4.84.